The number of hydrogen-bond acceptors (Lipinski definition) is 4. The minimum atomic E-state index is -0.773. The number of amides is 2. The van der Waals surface area contributed by atoms with E-state index in [-0.39, 0.29) is 17.9 Å². The second kappa shape index (κ2) is 7.42. The highest BCUT2D eigenvalue weighted by atomic mass is 16.5. The van der Waals surface area contributed by atoms with Crippen LogP contribution in [0.15, 0.2) is 48.5 Å². The first-order valence-corrected chi connectivity index (χ1v) is 7.15. The molecule has 0 bridgehead atoms. The van der Waals surface area contributed by atoms with Gasteiger partial charge in [-0.3, -0.25) is 5.21 Å². The second-order valence-electron chi connectivity index (χ2n) is 4.85. The molecule has 0 atom stereocenters. The number of rotatable bonds is 4. The lowest BCUT2D eigenvalue weighted by molar-refractivity contribution is 0.0526. The number of nitrogens with one attached hydrogen (secondary N) is 1. The predicted molar refractivity (Wildman–Crippen MR) is 86.9 cm³/mol. The zero-order chi connectivity index (χ0) is 16.8. The van der Waals surface area contributed by atoms with Crippen LogP contribution in [-0.4, -0.2) is 23.8 Å². The summed E-state index contributed by atoms with van der Waals surface area (Å²) < 4.78 is 4.92. The number of hydrogen-bond donors (Lipinski definition) is 2. The summed E-state index contributed by atoms with van der Waals surface area (Å²) in [6.07, 6.45) is 0. The molecule has 0 radical (unpaired) electrons. The van der Waals surface area contributed by atoms with E-state index < -0.39 is 12.0 Å². The molecule has 0 aliphatic carbocycles. The average Bonchev–Trinajstić information content (AvgIpc) is 2.56. The molecule has 0 aliphatic heterocycles. The number of ether oxygens (including phenoxy) is 1. The molecular formula is C17H18N2O4. The van der Waals surface area contributed by atoms with Crippen molar-refractivity contribution in [1.82, 2.24) is 0 Å². The molecule has 6 nitrogen and oxygen atoms in total. The van der Waals surface area contributed by atoms with Crippen LogP contribution in [0, 0.1) is 6.92 Å². The van der Waals surface area contributed by atoms with Crippen molar-refractivity contribution in [3.05, 3.63) is 59.7 Å². The van der Waals surface area contributed by atoms with E-state index in [4.69, 9.17) is 4.74 Å². The van der Waals surface area contributed by atoms with Crippen LogP contribution in [0.3, 0.4) is 0 Å². The van der Waals surface area contributed by atoms with Crippen molar-refractivity contribution in [2.24, 2.45) is 0 Å². The van der Waals surface area contributed by atoms with E-state index in [9.17, 15) is 14.8 Å². The molecule has 0 heterocycles. The maximum atomic E-state index is 12.1. The van der Waals surface area contributed by atoms with Gasteiger partial charge in [0.25, 0.3) is 0 Å². The lowest BCUT2D eigenvalue weighted by Crippen LogP contribution is -2.33. The first-order chi connectivity index (χ1) is 11.0. The van der Waals surface area contributed by atoms with Gasteiger partial charge in [-0.2, -0.15) is 5.06 Å². The van der Waals surface area contributed by atoms with Gasteiger partial charge >= 0.3 is 12.0 Å². The number of para-hydroxylation sites is 1. The molecule has 0 saturated heterocycles. The number of carbonyl (C=O) groups is 2. The maximum Gasteiger partial charge on any atom is 0.350 e. The first-order valence-electron chi connectivity index (χ1n) is 7.15. The molecule has 0 unspecified atom stereocenters. The predicted octanol–water partition coefficient (Wildman–Crippen LogP) is 3.60. The summed E-state index contributed by atoms with van der Waals surface area (Å²) >= 11 is 0. The largest absolute Gasteiger partial charge is 0.462 e. The van der Waals surface area contributed by atoms with Crippen molar-refractivity contribution in [2.45, 2.75) is 13.8 Å². The molecule has 2 aromatic carbocycles. The lowest BCUT2D eigenvalue weighted by atomic mass is 10.2. The molecule has 2 N–H and O–H groups in total. The molecule has 0 saturated carbocycles. The van der Waals surface area contributed by atoms with Gasteiger partial charge in [-0.15, -0.1) is 0 Å². The highest BCUT2D eigenvalue weighted by Crippen LogP contribution is 2.21. The van der Waals surface area contributed by atoms with Gasteiger partial charge in [-0.1, -0.05) is 29.8 Å². The van der Waals surface area contributed by atoms with Crippen molar-refractivity contribution >= 4 is 23.4 Å². The summed E-state index contributed by atoms with van der Waals surface area (Å²) in [5.41, 5.74) is 1.75. The zero-order valence-corrected chi connectivity index (χ0v) is 12.9. The van der Waals surface area contributed by atoms with Crippen LogP contribution in [0.1, 0.15) is 22.8 Å². The summed E-state index contributed by atoms with van der Waals surface area (Å²) in [6, 6.07) is 12.5. The van der Waals surface area contributed by atoms with Gasteiger partial charge < -0.3 is 10.1 Å². The SMILES string of the molecule is CCOC(=O)c1ccccc1N(O)C(=O)Nc1ccc(C)cc1. The maximum absolute atomic E-state index is 12.1. The van der Waals surface area contributed by atoms with Crippen LogP contribution in [0.5, 0.6) is 0 Å². The number of benzene rings is 2. The molecule has 2 amide bonds. The fraction of sp³-hybridized carbons (Fsp3) is 0.176. The van der Waals surface area contributed by atoms with E-state index in [1.165, 1.54) is 12.1 Å². The van der Waals surface area contributed by atoms with Crippen LogP contribution in [-0.2, 0) is 4.74 Å². The van der Waals surface area contributed by atoms with Crippen molar-refractivity contribution < 1.29 is 19.5 Å². The molecule has 2 aromatic rings. The number of carbonyl (C=O) groups excluding carboxylic acids is 2. The van der Waals surface area contributed by atoms with Crippen molar-refractivity contribution in [1.29, 1.82) is 0 Å². The van der Waals surface area contributed by atoms with Crippen molar-refractivity contribution in [2.75, 3.05) is 17.0 Å². The van der Waals surface area contributed by atoms with Gasteiger partial charge in [0.15, 0.2) is 0 Å². The molecular weight excluding hydrogens is 296 g/mol. The van der Waals surface area contributed by atoms with E-state index in [1.54, 1.807) is 31.2 Å². The van der Waals surface area contributed by atoms with E-state index in [0.717, 1.165) is 5.56 Å². The molecule has 2 rings (SSSR count). The number of nitrogens with zero attached hydrogens (tertiary/aromatic N) is 1. The molecule has 0 aromatic heterocycles. The van der Waals surface area contributed by atoms with Gasteiger partial charge in [0, 0.05) is 5.69 Å². The Balaban J connectivity index is 2.19. The molecule has 120 valence electrons. The molecule has 0 fully saturated rings. The van der Waals surface area contributed by atoms with Crippen LogP contribution in [0.2, 0.25) is 0 Å². The monoisotopic (exact) mass is 314 g/mol. The van der Waals surface area contributed by atoms with E-state index >= 15 is 0 Å². The second-order valence-corrected chi connectivity index (χ2v) is 4.85. The van der Waals surface area contributed by atoms with Crippen LogP contribution < -0.4 is 10.4 Å². The Morgan fingerprint density at radius 1 is 1.13 bits per heavy atom. The number of anilines is 2. The number of esters is 1. The standard InChI is InChI=1S/C17H18N2O4/c1-3-23-16(20)14-6-4-5-7-15(14)19(22)17(21)18-13-10-8-12(2)9-11-13/h4-11,22H,3H2,1-2H3,(H,18,21). The number of hydroxylamine groups is 1. The summed E-state index contributed by atoms with van der Waals surface area (Å²) in [5, 5.41) is 13.1. The molecule has 23 heavy (non-hydrogen) atoms. The quantitative estimate of drug-likeness (QED) is 0.513. The summed E-state index contributed by atoms with van der Waals surface area (Å²) in [6.45, 7) is 3.81. The fourth-order valence-corrected chi connectivity index (χ4v) is 1.96. The lowest BCUT2D eigenvalue weighted by Gasteiger charge is -2.18. The van der Waals surface area contributed by atoms with Gasteiger partial charge in [0.2, 0.25) is 0 Å². The number of aryl methyl sites for hydroxylation is 1. The Morgan fingerprint density at radius 2 is 1.78 bits per heavy atom. The minimum Gasteiger partial charge on any atom is -0.462 e. The van der Waals surface area contributed by atoms with Crippen molar-refractivity contribution in [3.8, 4) is 0 Å². The third-order valence-electron chi connectivity index (χ3n) is 3.12. The third-order valence-corrected chi connectivity index (χ3v) is 3.12. The van der Waals surface area contributed by atoms with Crippen LogP contribution in [0.4, 0.5) is 16.2 Å². The van der Waals surface area contributed by atoms with Crippen LogP contribution >= 0.6 is 0 Å². The Bertz CT molecular complexity index is 698. The molecule has 0 aliphatic rings. The van der Waals surface area contributed by atoms with Gasteiger partial charge in [-0.25, -0.2) is 9.59 Å². The fourth-order valence-electron chi connectivity index (χ4n) is 1.96. The smallest absolute Gasteiger partial charge is 0.350 e. The van der Waals surface area contributed by atoms with Gasteiger partial charge in [0.1, 0.15) is 0 Å². The Hall–Kier alpha value is -2.86. The summed E-state index contributed by atoms with van der Waals surface area (Å²) in [4.78, 5) is 24.0. The first kappa shape index (κ1) is 16.5. The molecule has 0 spiro atoms. The Kier molecular flexibility index (Phi) is 5.32. The van der Waals surface area contributed by atoms with Gasteiger partial charge in [0.05, 0.1) is 17.9 Å². The van der Waals surface area contributed by atoms with E-state index in [1.807, 2.05) is 19.1 Å². The van der Waals surface area contributed by atoms with E-state index in [2.05, 4.69) is 5.32 Å². The van der Waals surface area contributed by atoms with Gasteiger partial charge in [-0.05, 0) is 38.1 Å². The molecule has 6 heteroatoms. The third kappa shape index (κ3) is 4.08. The zero-order valence-electron chi connectivity index (χ0n) is 12.9. The van der Waals surface area contributed by atoms with Crippen LogP contribution in [0.25, 0.3) is 0 Å². The Morgan fingerprint density at radius 3 is 2.43 bits per heavy atom. The topological polar surface area (TPSA) is 78.9 Å². The minimum absolute atomic E-state index is 0.0514. The summed E-state index contributed by atoms with van der Waals surface area (Å²) in [7, 11) is 0. The Labute approximate surface area is 134 Å². The number of urea groups is 1. The normalized spacial score (nSPS) is 10.0. The highest BCUT2D eigenvalue weighted by molar-refractivity contribution is 6.05. The van der Waals surface area contributed by atoms with E-state index in [0.29, 0.717) is 10.8 Å². The van der Waals surface area contributed by atoms with Crippen molar-refractivity contribution in [3.63, 3.8) is 0 Å². The average molecular weight is 314 g/mol. The highest BCUT2D eigenvalue weighted by Gasteiger charge is 2.21. The summed E-state index contributed by atoms with van der Waals surface area (Å²) in [5.74, 6) is -0.606.